The second-order valence-electron chi connectivity index (χ2n) is 5.94. The van der Waals surface area contributed by atoms with Crippen LogP contribution in [0.15, 0.2) is 35.4 Å². The molecule has 0 amide bonds. The molecule has 0 heterocycles. The standard InChI is InChI=1S/C20H23ClN2O4/c1-23(2)17-9-12(6-7-16(17)22)8-15(21)19(24)14-10-13(25-3)11-18(26-4)20(14)27-5/h6-11H,22H2,1-5H3. The van der Waals surface area contributed by atoms with Gasteiger partial charge in [0.05, 0.1) is 43.3 Å². The van der Waals surface area contributed by atoms with Gasteiger partial charge in [0.1, 0.15) is 5.75 Å². The Bertz CT molecular complexity index is 879. The third-order valence-corrected chi connectivity index (χ3v) is 4.26. The number of methoxy groups -OCH3 is 3. The van der Waals surface area contributed by atoms with E-state index in [0.717, 1.165) is 11.3 Å². The first-order valence-electron chi connectivity index (χ1n) is 8.11. The fourth-order valence-electron chi connectivity index (χ4n) is 2.60. The summed E-state index contributed by atoms with van der Waals surface area (Å²) in [6, 6.07) is 8.62. The number of anilines is 2. The first-order valence-corrected chi connectivity index (χ1v) is 8.48. The van der Waals surface area contributed by atoms with E-state index in [4.69, 9.17) is 31.5 Å². The van der Waals surface area contributed by atoms with Crippen LogP contribution in [0.2, 0.25) is 0 Å². The van der Waals surface area contributed by atoms with Gasteiger partial charge in [0.25, 0.3) is 0 Å². The number of Topliss-reactive ketones (excluding diaryl/α,β-unsaturated/α-hetero) is 1. The number of ether oxygens (including phenoxy) is 3. The molecular formula is C20H23ClN2O4. The normalized spacial score (nSPS) is 11.1. The molecule has 7 heteroatoms. The number of carbonyl (C=O) groups is 1. The van der Waals surface area contributed by atoms with Crippen LogP contribution in [0.5, 0.6) is 17.2 Å². The number of nitrogens with zero attached hydrogens (tertiary/aromatic N) is 1. The number of nitrogens with two attached hydrogens (primary N) is 1. The summed E-state index contributed by atoms with van der Waals surface area (Å²) in [4.78, 5) is 14.8. The van der Waals surface area contributed by atoms with Crippen LogP contribution in [0.4, 0.5) is 11.4 Å². The summed E-state index contributed by atoms with van der Waals surface area (Å²) in [5, 5.41) is 0.0260. The van der Waals surface area contributed by atoms with Gasteiger partial charge in [0.15, 0.2) is 11.5 Å². The predicted octanol–water partition coefficient (Wildman–Crippen LogP) is 3.82. The summed E-state index contributed by atoms with van der Waals surface area (Å²) in [5.41, 5.74) is 8.44. The number of nitrogen functional groups attached to an aromatic ring is 1. The van der Waals surface area contributed by atoms with Crippen LogP contribution in [-0.2, 0) is 0 Å². The molecule has 2 aromatic carbocycles. The molecule has 0 fully saturated rings. The van der Waals surface area contributed by atoms with Crippen LogP contribution in [0.1, 0.15) is 15.9 Å². The van der Waals surface area contributed by atoms with Crippen molar-refractivity contribution in [2.75, 3.05) is 46.1 Å². The number of benzene rings is 2. The second kappa shape index (κ2) is 8.68. The lowest BCUT2D eigenvalue weighted by Crippen LogP contribution is -2.11. The molecule has 0 atom stereocenters. The zero-order chi connectivity index (χ0) is 20.1. The van der Waals surface area contributed by atoms with Crippen LogP contribution in [0, 0.1) is 0 Å². The van der Waals surface area contributed by atoms with E-state index >= 15 is 0 Å². The molecule has 27 heavy (non-hydrogen) atoms. The third-order valence-electron chi connectivity index (χ3n) is 3.98. The number of hydrogen-bond acceptors (Lipinski definition) is 6. The van der Waals surface area contributed by atoms with Gasteiger partial charge in [-0.25, -0.2) is 0 Å². The Morgan fingerprint density at radius 1 is 1.07 bits per heavy atom. The fourth-order valence-corrected chi connectivity index (χ4v) is 2.83. The first kappa shape index (κ1) is 20.5. The average molecular weight is 391 g/mol. The van der Waals surface area contributed by atoms with Crippen LogP contribution < -0.4 is 24.8 Å². The van der Waals surface area contributed by atoms with Gasteiger partial charge in [-0.2, -0.15) is 0 Å². The van der Waals surface area contributed by atoms with E-state index in [1.165, 1.54) is 21.3 Å². The number of halogens is 1. The minimum Gasteiger partial charge on any atom is -0.497 e. The molecular weight excluding hydrogens is 368 g/mol. The van der Waals surface area contributed by atoms with Gasteiger partial charge < -0.3 is 24.8 Å². The summed E-state index contributed by atoms with van der Waals surface area (Å²) >= 11 is 6.32. The lowest BCUT2D eigenvalue weighted by Gasteiger charge is -2.16. The maximum Gasteiger partial charge on any atom is 0.208 e. The van der Waals surface area contributed by atoms with Crippen molar-refractivity contribution >= 4 is 34.8 Å². The van der Waals surface area contributed by atoms with Crippen LogP contribution in [0.3, 0.4) is 0 Å². The number of ketones is 1. The van der Waals surface area contributed by atoms with Crippen molar-refractivity contribution in [2.45, 2.75) is 0 Å². The van der Waals surface area contributed by atoms with Gasteiger partial charge in [-0.05, 0) is 29.8 Å². The second-order valence-corrected chi connectivity index (χ2v) is 6.35. The van der Waals surface area contributed by atoms with E-state index in [-0.39, 0.29) is 10.6 Å². The Labute approximate surface area is 164 Å². The highest BCUT2D eigenvalue weighted by atomic mass is 35.5. The Balaban J connectivity index is 2.48. The summed E-state index contributed by atoms with van der Waals surface area (Å²) < 4.78 is 15.9. The monoisotopic (exact) mass is 390 g/mol. The maximum atomic E-state index is 12.9. The molecule has 2 rings (SSSR count). The third kappa shape index (κ3) is 4.46. The molecule has 0 radical (unpaired) electrons. The van der Waals surface area contributed by atoms with E-state index in [1.807, 2.05) is 25.1 Å². The van der Waals surface area contributed by atoms with Gasteiger partial charge in [0, 0.05) is 20.2 Å². The number of hydrogen-bond donors (Lipinski definition) is 1. The molecule has 0 aliphatic heterocycles. The molecule has 0 unspecified atom stereocenters. The van der Waals surface area contributed by atoms with Crippen LogP contribution >= 0.6 is 11.6 Å². The first-order chi connectivity index (χ1) is 12.8. The SMILES string of the molecule is COc1cc(OC)c(OC)c(C(=O)C(Cl)=Cc2ccc(N)c(N(C)C)c2)c1. The molecule has 144 valence electrons. The molecule has 0 aliphatic rings. The summed E-state index contributed by atoms with van der Waals surface area (Å²) in [6.45, 7) is 0. The average Bonchev–Trinajstić information content (AvgIpc) is 2.67. The van der Waals surface area contributed by atoms with Gasteiger partial charge in [-0.3, -0.25) is 4.79 Å². The van der Waals surface area contributed by atoms with E-state index in [1.54, 1.807) is 30.3 Å². The number of allylic oxidation sites excluding steroid dienone is 1. The maximum absolute atomic E-state index is 12.9. The van der Waals surface area contributed by atoms with E-state index in [0.29, 0.717) is 22.9 Å². The van der Waals surface area contributed by atoms with Gasteiger partial charge >= 0.3 is 0 Å². The Kier molecular flexibility index (Phi) is 6.58. The molecule has 0 aliphatic carbocycles. The molecule has 2 N–H and O–H groups in total. The fraction of sp³-hybridized carbons (Fsp3) is 0.250. The summed E-state index contributed by atoms with van der Waals surface area (Å²) in [7, 11) is 8.23. The Morgan fingerprint density at radius 3 is 2.33 bits per heavy atom. The predicted molar refractivity (Wildman–Crippen MR) is 109 cm³/mol. The molecule has 0 spiro atoms. The molecule has 0 aromatic heterocycles. The van der Waals surface area contributed by atoms with Crippen molar-refractivity contribution in [1.82, 2.24) is 0 Å². The zero-order valence-corrected chi connectivity index (χ0v) is 16.8. The summed E-state index contributed by atoms with van der Waals surface area (Å²) in [6.07, 6.45) is 1.59. The minimum atomic E-state index is -0.408. The highest BCUT2D eigenvalue weighted by Gasteiger charge is 2.21. The molecule has 0 saturated carbocycles. The smallest absolute Gasteiger partial charge is 0.208 e. The Morgan fingerprint density at radius 2 is 1.78 bits per heavy atom. The minimum absolute atomic E-state index is 0.0260. The highest BCUT2D eigenvalue weighted by molar-refractivity contribution is 6.47. The van der Waals surface area contributed by atoms with E-state index in [9.17, 15) is 4.79 Å². The van der Waals surface area contributed by atoms with E-state index in [2.05, 4.69) is 0 Å². The zero-order valence-electron chi connectivity index (χ0n) is 16.0. The topological polar surface area (TPSA) is 74.0 Å². The van der Waals surface area contributed by atoms with Gasteiger partial charge in [-0.15, -0.1) is 0 Å². The largest absolute Gasteiger partial charge is 0.497 e. The van der Waals surface area contributed by atoms with Gasteiger partial charge in [0.2, 0.25) is 5.78 Å². The molecule has 0 bridgehead atoms. The van der Waals surface area contributed by atoms with Crippen LogP contribution in [0.25, 0.3) is 6.08 Å². The van der Waals surface area contributed by atoms with E-state index < -0.39 is 5.78 Å². The molecule has 2 aromatic rings. The number of rotatable bonds is 7. The molecule has 0 saturated heterocycles. The van der Waals surface area contributed by atoms with Gasteiger partial charge in [-0.1, -0.05) is 17.7 Å². The lowest BCUT2D eigenvalue weighted by molar-refractivity contribution is 0.103. The highest BCUT2D eigenvalue weighted by Crippen LogP contribution is 2.37. The molecule has 6 nitrogen and oxygen atoms in total. The van der Waals surface area contributed by atoms with Crippen molar-refractivity contribution in [3.8, 4) is 17.2 Å². The van der Waals surface area contributed by atoms with Crippen molar-refractivity contribution in [1.29, 1.82) is 0 Å². The van der Waals surface area contributed by atoms with Crippen molar-refractivity contribution in [3.63, 3.8) is 0 Å². The lowest BCUT2D eigenvalue weighted by atomic mass is 10.1. The quantitative estimate of drug-likeness (QED) is 0.440. The van der Waals surface area contributed by atoms with Crippen LogP contribution in [-0.4, -0.2) is 41.2 Å². The number of carbonyl (C=O) groups excluding carboxylic acids is 1. The van der Waals surface area contributed by atoms with Crippen molar-refractivity contribution in [2.24, 2.45) is 0 Å². The van der Waals surface area contributed by atoms with Crippen molar-refractivity contribution in [3.05, 3.63) is 46.5 Å². The van der Waals surface area contributed by atoms with Crippen molar-refractivity contribution < 1.29 is 19.0 Å². The Hall–Kier alpha value is -2.86. The summed E-state index contributed by atoms with van der Waals surface area (Å²) in [5.74, 6) is 0.727.